The second-order valence-corrected chi connectivity index (χ2v) is 6.19. The highest BCUT2D eigenvalue weighted by Gasteiger charge is 2.14. The maximum Gasteiger partial charge on any atom is 0.240 e. The van der Waals surface area contributed by atoms with E-state index in [9.17, 15) is 8.42 Å². The highest BCUT2D eigenvalue weighted by Crippen LogP contribution is 2.22. The van der Waals surface area contributed by atoms with Gasteiger partial charge in [-0.25, -0.2) is 13.1 Å². The molecule has 0 aliphatic heterocycles. The topological polar surface area (TPSA) is 55.4 Å². The number of sulfonamides is 1. The van der Waals surface area contributed by atoms with Gasteiger partial charge in [0, 0.05) is 29.8 Å². The predicted molar refractivity (Wildman–Crippen MR) is 72.8 cm³/mol. The van der Waals surface area contributed by atoms with E-state index in [2.05, 4.69) is 4.72 Å². The van der Waals surface area contributed by atoms with Crippen molar-refractivity contribution >= 4 is 33.2 Å². The third kappa shape index (κ3) is 5.12. The number of benzene rings is 1. The average molecular weight is 312 g/mol. The molecule has 18 heavy (non-hydrogen) atoms. The van der Waals surface area contributed by atoms with E-state index in [1.54, 1.807) is 0 Å². The van der Waals surface area contributed by atoms with Crippen LogP contribution in [0.1, 0.15) is 13.3 Å². The zero-order valence-electron chi connectivity index (χ0n) is 9.95. The van der Waals surface area contributed by atoms with Crippen LogP contribution in [0.5, 0.6) is 0 Å². The Labute approximate surface area is 117 Å². The molecule has 0 radical (unpaired) electrons. The lowest BCUT2D eigenvalue weighted by molar-refractivity contribution is 0.146. The van der Waals surface area contributed by atoms with Crippen molar-refractivity contribution in [1.82, 2.24) is 4.72 Å². The van der Waals surface area contributed by atoms with Gasteiger partial charge in [0.1, 0.15) is 0 Å². The van der Waals surface area contributed by atoms with E-state index in [0.717, 1.165) is 0 Å². The summed E-state index contributed by atoms with van der Waals surface area (Å²) in [5, 5.41) is 0.578. The maximum atomic E-state index is 11.9. The summed E-state index contributed by atoms with van der Waals surface area (Å²) < 4.78 is 31.4. The standard InChI is InChI=1S/C11H15Cl2NO3S/c1-2-17-5-3-4-14-18(15,16)11-7-9(12)6-10(13)8-11/h6-8,14H,2-5H2,1H3. The second-order valence-electron chi connectivity index (χ2n) is 3.55. The van der Waals surface area contributed by atoms with Gasteiger partial charge in [0.15, 0.2) is 0 Å². The molecule has 0 saturated heterocycles. The van der Waals surface area contributed by atoms with Crippen LogP contribution in [0.3, 0.4) is 0 Å². The van der Waals surface area contributed by atoms with Crippen molar-refractivity contribution in [3.05, 3.63) is 28.2 Å². The van der Waals surface area contributed by atoms with E-state index < -0.39 is 10.0 Å². The highest BCUT2D eigenvalue weighted by atomic mass is 35.5. The van der Waals surface area contributed by atoms with Gasteiger partial charge in [-0.1, -0.05) is 23.2 Å². The molecule has 0 aliphatic rings. The summed E-state index contributed by atoms with van der Waals surface area (Å²) in [6, 6.07) is 4.20. The molecule has 1 aromatic rings. The molecule has 0 heterocycles. The Hall–Kier alpha value is -0.330. The first-order valence-electron chi connectivity index (χ1n) is 5.49. The van der Waals surface area contributed by atoms with Crippen molar-refractivity contribution in [1.29, 1.82) is 0 Å². The van der Waals surface area contributed by atoms with E-state index in [1.807, 2.05) is 6.92 Å². The van der Waals surface area contributed by atoms with Crippen LogP contribution in [0.25, 0.3) is 0 Å². The Morgan fingerprint density at radius 1 is 1.22 bits per heavy atom. The molecular formula is C11H15Cl2NO3S. The molecule has 102 valence electrons. The number of ether oxygens (including phenoxy) is 1. The largest absolute Gasteiger partial charge is 0.382 e. The second kappa shape index (κ2) is 7.31. The minimum Gasteiger partial charge on any atom is -0.382 e. The summed E-state index contributed by atoms with van der Waals surface area (Å²) in [7, 11) is -3.57. The lowest BCUT2D eigenvalue weighted by Crippen LogP contribution is -2.25. The lowest BCUT2D eigenvalue weighted by atomic mass is 10.4. The molecule has 7 heteroatoms. The van der Waals surface area contributed by atoms with Crippen LogP contribution in [-0.4, -0.2) is 28.2 Å². The maximum absolute atomic E-state index is 11.9. The molecular weight excluding hydrogens is 297 g/mol. The molecule has 1 rings (SSSR count). The Kier molecular flexibility index (Phi) is 6.38. The number of rotatable bonds is 7. The molecule has 1 N–H and O–H groups in total. The van der Waals surface area contributed by atoms with Crippen LogP contribution in [0.4, 0.5) is 0 Å². The van der Waals surface area contributed by atoms with Crippen LogP contribution in [0, 0.1) is 0 Å². The summed E-state index contributed by atoms with van der Waals surface area (Å²) >= 11 is 11.5. The van der Waals surface area contributed by atoms with E-state index >= 15 is 0 Å². The number of hydrogen-bond donors (Lipinski definition) is 1. The Morgan fingerprint density at radius 2 is 1.83 bits per heavy atom. The molecule has 0 atom stereocenters. The van der Waals surface area contributed by atoms with Gasteiger partial charge in [0.05, 0.1) is 4.90 Å². The SMILES string of the molecule is CCOCCCNS(=O)(=O)c1cc(Cl)cc(Cl)c1. The molecule has 0 aliphatic carbocycles. The molecule has 0 unspecified atom stereocenters. The van der Waals surface area contributed by atoms with Crippen molar-refractivity contribution in [3.63, 3.8) is 0 Å². The van der Waals surface area contributed by atoms with Crippen LogP contribution in [-0.2, 0) is 14.8 Å². The smallest absolute Gasteiger partial charge is 0.240 e. The van der Waals surface area contributed by atoms with E-state index in [-0.39, 0.29) is 14.9 Å². The van der Waals surface area contributed by atoms with E-state index in [1.165, 1.54) is 18.2 Å². The van der Waals surface area contributed by atoms with Gasteiger partial charge >= 0.3 is 0 Å². The van der Waals surface area contributed by atoms with Gasteiger partial charge in [-0.2, -0.15) is 0 Å². The molecule has 0 amide bonds. The Bertz CT molecular complexity index is 471. The first-order chi connectivity index (χ1) is 8.45. The molecule has 0 bridgehead atoms. The van der Waals surface area contributed by atoms with E-state index in [4.69, 9.17) is 27.9 Å². The number of nitrogens with one attached hydrogen (secondary N) is 1. The van der Waals surface area contributed by atoms with Crippen molar-refractivity contribution in [2.24, 2.45) is 0 Å². The first kappa shape index (κ1) is 15.7. The first-order valence-corrected chi connectivity index (χ1v) is 7.73. The average Bonchev–Trinajstić information content (AvgIpc) is 2.27. The van der Waals surface area contributed by atoms with Gasteiger partial charge < -0.3 is 4.74 Å². The molecule has 0 spiro atoms. The van der Waals surface area contributed by atoms with Gasteiger partial charge in [-0.05, 0) is 31.5 Å². The van der Waals surface area contributed by atoms with Crippen molar-refractivity contribution < 1.29 is 13.2 Å². The minimum atomic E-state index is -3.57. The number of hydrogen-bond acceptors (Lipinski definition) is 3. The van der Waals surface area contributed by atoms with Crippen LogP contribution >= 0.6 is 23.2 Å². The summed E-state index contributed by atoms with van der Waals surface area (Å²) in [4.78, 5) is 0.0661. The fourth-order valence-corrected chi connectivity index (χ4v) is 3.09. The molecule has 1 aromatic carbocycles. The van der Waals surface area contributed by atoms with E-state index in [0.29, 0.717) is 26.2 Å². The van der Waals surface area contributed by atoms with Gasteiger partial charge in [0.2, 0.25) is 10.0 Å². The molecule has 0 aromatic heterocycles. The fraction of sp³-hybridized carbons (Fsp3) is 0.455. The quantitative estimate of drug-likeness (QED) is 0.788. The van der Waals surface area contributed by atoms with Gasteiger partial charge in [-0.15, -0.1) is 0 Å². The minimum absolute atomic E-state index is 0.0661. The summed E-state index contributed by atoms with van der Waals surface area (Å²) in [6.07, 6.45) is 0.612. The highest BCUT2D eigenvalue weighted by molar-refractivity contribution is 7.89. The van der Waals surface area contributed by atoms with Gasteiger partial charge in [0.25, 0.3) is 0 Å². The van der Waals surface area contributed by atoms with Crippen molar-refractivity contribution in [2.45, 2.75) is 18.2 Å². The summed E-state index contributed by atoms with van der Waals surface area (Å²) in [5.74, 6) is 0. The van der Waals surface area contributed by atoms with Crippen molar-refractivity contribution in [3.8, 4) is 0 Å². The van der Waals surface area contributed by atoms with Crippen LogP contribution < -0.4 is 4.72 Å². The third-order valence-electron chi connectivity index (χ3n) is 2.11. The summed E-state index contributed by atoms with van der Waals surface area (Å²) in [5.41, 5.74) is 0. The normalized spacial score (nSPS) is 11.7. The molecule has 0 saturated carbocycles. The van der Waals surface area contributed by atoms with Crippen LogP contribution in [0.2, 0.25) is 10.0 Å². The predicted octanol–water partition coefficient (Wildman–Crippen LogP) is 2.70. The molecule has 0 fully saturated rings. The fourth-order valence-electron chi connectivity index (χ4n) is 1.29. The van der Waals surface area contributed by atoms with Gasteiger partial charge in [-0.3, -0.25) is 0 Å². The Balaban J connectivity index is 2.63. The zero-order valence-corrected chi connectivity index (χ0v) is 12.3. The number of halogens is 2. The Morgan fingerprint density at radius 3 is 2.39 bits per heavy atom. The monoisotopic (exact) mass is 311 g/mol. The van der Waals surface area contributed by atoms with Crippen LogP contribution in [0.15, 0.2) is 23.1 Å². The molecule has 4 nitrogen and oxygen atoms in total. The lowest BCUT2D eigenvalue weighted by Gasteiger charge is -2.07. The third-order valence-corrected chi connectivity index (χ3v) is 3.98. The zero-order chi connectivity index (χ0) is 13.6. The summed E-state index contributed by atoms with van der Waals surface area (Å²) in [6.45, 7) is 3.34. The van der Waals surface area contributed by atoms with Crippen molar-refractivity contribution in [2.75, 3.05) is 19.8 Å².